The molecular formula is C35H68O4. The van der Waals surface area contributed by atoms with Gasteiger partial charge in [0.1, 0.15) is 6.10 Å². The second kappa shape index (κ2) is 31.5. The molecule has 0 aromatic heterocycles. The van der Waals surface area contributed by atoms with Crippen molar-refractivity contribution in [3.63, 3.8) is 0 Å². The molecule has 0 radical (unpaired) electrons. The standard InChI is InChI=1S/C35H68O4/c1-3-5-7-9-11-13-15-16-18-21-25-29-33(30-26-22-20-23-27-31-34(36)37)39-35(38)32-28-24-19-17-14-12-10-8-6-4-2/h33H,3-32H2,1-2H3,(H,36,37). The van der Waals surface area contributed by atoms with E-state index in [-0.39, 0.29) is 18.5 Å². The van der Waals surface area contributed by atoms with Crippen LogP contribution in [0.15, 0.2) is 0 Å². The molecule has 0 spiro atoms. The lowest BCUT2D eigenvalue weighted by Gasteiger charge is -2.18. The molecular weight excluding hydrogens is 484 g/mol. The number of aliphatic carboxylic acids is 1. The number of ether oxygens (including phenoxy) is 1. The number of carbonyl (C=O) groups is 2. The maximum Gasteiger partial charge on any atom is 0.306 e. The van der Waals surface area contributed by atoms with Gasteiger partial charge in [-0.1, -0.05) is 155 Å². The van der Waals surface area contributed by atoms with Crippen molar-refractivity contribution >= 4 is 11.9 Å². The van der Waals surface area contributed by atoms with E-state index in [4.69, 9.17) is 9.84 Å². The first-order valence-electron chi connectivity index (χ1n) is 17.5. The molecule has 0 aliphatic rings. The maximum atomic E-state index is 12.6. The molecule has 0 saturated carbocycles. The van der Waals surface area contributed by atoms with Gasteiger partial charge in [-0.05, 0) is 38.5 Å². The van der Waals surface area contributed by atoms with Crippen LogP contribution < -0.4 is 0 Å². The van der Waals surface area contributed by atoms with E-state index in [0.29, 0.717) is 6.42 Å². The van der Waals surface area contributed by atoms with Crippen molar-refractivity contribution in [3.8, 4) is 0 Å². The zero-order valence-corrected chi connectivity index (χ0v) is 26.5. The highest BCUT2D eigenvalue weighted by atomic mass is 16.5. The number of carboxylic acid groups (broad SMARTS) is 1. The Morgan fingerprint density at radius 3 is 1.13 bits per heavy atom. The summed E-state index contributed by atoms with van der Waals surface area (Å²) in [6.07, 6.45) is 35.4. The van der Waals surface area contributed by atoms with E-state index in [9.17, 15) is 9.59 Å². The Balaban J connectivity index is 4.04. The van der Waals surface area contributed by atoms with Crippen molar-refractivity contribution in [2.24, 2.45) is 0 Å². The average Bonchev–Trinajstić information content (AvgIpc) is 2.91. The summed E-state index contributed by atoms with van der Waals surface area (Å²) in [6, 6.07) is 0. The third kappa shape index (κ3) is 31.3. The largest absolute Gasteiger partial charge is 0.481 e. The van der Waals surface area contributed by atoms with Gasteiger partial charge in [0.05, 0.1) is 0 Å². The first kappa shape index (κ1) is 37.9. The first-order valence-corrected chi connectivity index (χ1v) is 17.5. The lowest BCUT2D eigenvalue weighted by Crippen LogP contribution is -2.18. The second-order valence-corrected chi connectivity index (χ2v) is 12.1. The molecule has 232 valence electrons. The highest BCUT2D eigenvalue weighted by molar-refractivity contribution is 5.69. The van der Waals surface area contributed by atoms with Crippen LogP contribution in [0.4, 0.5) is 0 Å². The van der Waals surface area contributed by atoms with E-state index in [1.165, 1.54) is 116 Å². The third-order valence-electron chi connectivity index (χ3n) is 8.08. The topological polar surface area (TPSA) is 63.6 Å². The molecule has 39 heavy (non-hydrogen) atoms. The van der Waals surface area contributed by atoms with Gasteiger partial charge in [-0.3, -0.25) is 9.59 Å². The number of rotatable bonds is 32. The molecule has 0 heterocycles. The SMILES string of the molecule is CCCCCCCCCCCCCC(CCCCCCCC(=O)O)OC(=O)CCCCCCCCCCCC. The fraction of sp³-hybridized carbons (Fsp3) is 0.943. The Hall–Kier alpha value is -1.06. The molecule has 4 heteroatoms. The molecule has 1 atom stereocenters. The summed E-state index contributed by atoms with van der Waals surface area (Å²) in [5.41, 5.74) is 0. The summed E-state index contributed by atoms with van der Waals surface area (Å²) in [5.74, 6) is -0.694. The van der Waals surface area contributed by atoms with Crippen LogP contribution in [0.3, 0.4) is 0 Å². The predicted molar refractivity (Wildman–Crippen MR) is 167 cm³/mol. The minimum Gasteiger partial charge on any atom is -0.481 e. The second-order valence-electron chi connectivity index (χ2n) is 12.1. The smallest absolute Gasteiger partial charge is 0.306 e. The van der Waals surface area contributed by atoms with Crippen LogP contribution >= 0.6 is 0 Å². The molecule has 4 nitrogen and oxygen atoms in total. The van der Waals surface area contributed by atoms with Crippen molar-refractivity contribution in [2.45, 2.75) is 213 Å². The van der Waals surface area contributed by atoms with Crippen LogP contribution in [-0.2, 0) is 14.3 Å². The van der Waals surface area contributed by atoms with Crippen molar-refractivity contribution < 1.29 is 19.4 Å². The normalized spacial score (nSPS) is 12.1. The zero-order chi connectivity index (χ0) is 28.7. The van der Waals surface area contributed by atoms with E-state index < -0.39 is 5.97 Å². The molecule has 0 aliphatic carbocycles. The van der Waals surface area contributed by atoms with Gasteiger partial charge in [-0.15, -0.1) is 0 Å². The van der Waals surface area contributed by atoms with Crippen LogP contribution in [0.1, 0.15) is 206 Å². The Kier molecular flexibility index (Phi) is 30.6. The van der Waals surface area contributed by atoms with E-state index >= 15 is 0 Å². The number of carbonyl (C=O) groups excluding carboxylic acids is 1. The van der Waals surface area contributed by atoms with Crippen LogP contribution in [0, 0.1) is 0 Å². The molecule has 0 aliphatic heterocycles. The molecule has 0 saturated heterocycles. The van der Waals surface area contributed by atoms with Gasteiger partial charge in [0.25, 0.3) is 0 Å². The summed E-state index contributed by atoms with van der Waals surface area (Å²) in [6.45, 7) is 4.54. The van der Waals surface area contributed by atoms with Crippen molar-refractivity contribution in [1.82, 2.24) is 0 Å². The van der Waals surface area contributed by atoms with Crippen molar-refractivity contribution in [2.75, 3.05) is 0 Å². The van der Waals surface area contributed by atoms with E-state index in [1.807, 2.05) is 0 Å². The first-order chi connectivity index (χ1) is 19.1. The Labute approximate surface area is 243 Å². The minimum atomic E-state index is -0.698. The van der Waals surface area contributed by atoms with E-state index in [1.54, 1.807) is 0 Å². The lowest BCUT2D eigenvalue weighted by atomic mass is 10.0. The van der Waals surface area contributed by atoms with E-state index in [0.717, 1.165) is 64.2 Å². The summed E-state index contributed by atoms with van der Waals surface area (Å²) in [7, 11) is 0. The molecule has 1 unspecified atom stereocenters. The average molecular weight is 553 g/mol. The summed E-state index contributed by atoms with van der Waals surface area (Å²) in [5, 5.41) is 8.78. The molecule has 0 fully saturated rings. The molecule has 0 bridgehead atoms. The van der Waals surface area contributed by atoms with E-state index in [2.05, 4.69) is 13.8 Å². The predicted octanol–water partition coefficient (Wildman–Crippen LogP) is 11.7. The van der Waals surface area contributed by atoms with Crippen molar-refractivity contribution in [3.05, 3.63) is 0 Å². The minimum absolute atomic E-state index is 0.00379. The van der Waals surface area contributed by atoms with Crippen LogP contribution in [0.25, 0.3) is 0 Å². The number of esters is 1. The molecule has 1 N–H and O–H groups in total. The van der Waals surface area contributed by atoms with Gasteiger partial charge in [-0.25, -0.2) is 0 Å². The third-order valence-corrected chi connectivity index (χ3v) is 8.08. The van der Waals surface area contributed by atoms with Crippen LogP contribution in [0.2, 0.25) is 0 Å². The van der Waals surface area contributed by atoms with Gasteiger partial charge in [0.15, 0.2) is 0 Å². The lowest BCUT2D eigenvalue weighted by molar-refractivity contribution is -0.150. The van der Waals surface area contributed by atoms with Crippen LogP contribution in [-0.4, -0.2) is 23.1 Å². The highest BCUT2D eigenvalue weighted by Crippen LogP contribution is 2.19. The Morgan fingerprint density at radius 2 is 0.769 bits per heavy atom. The summed E-state index contributed by atoms with van der Waals surface area (Å²) < 4.78 is 5.97. The van der Waals surface area contributed by atoms with Crippen LogP contribution in [0.5, 0.6) is 0 Å². The highest BCUT2D eigenvalue weighted by Gasteiger charge is 2.14. The number of hydrogen-bond acceptors (Lipinski definition) is 3. The van der Waals surface area contributed by atoms with Crippen molar-refractivity contribution in [1.29, 1.82) is 0 Å². The van der Waals surface area contributed by atoms with Gasteiger partial charge in [0.2, 0.25) is 0 Å². The quantitative estimate of drug-likeness (QED) is 0.0665. The van der Waals surface area contributed by atoms with Gasteiger partial charge >= 0.3 is 11.9 Å². The van der Waals surface area contributed by atoms with Gasteiger partial charge in [-0.2, -0.15) is 0 Å². The number of hydrogen-bond donors (Lipinski definition) is 1. The monoisotopic (exact) mass is 553 g/mol. The fourth-order valence-electron chi connectivity index (χ4n) is 5.48. The Morgan fingerprint density at radius 1 is 0.462 bits per heavy atom. The zero-order valence-electron chi connectivity index (χ0n) is 26.5. The van der Waals surface area contributed by atoms with Gasteiger partial charge < -0.3 is 9.84 Å². The number of carboxylic acids is 1. The molecule has 0 aromatic carbocycles. The molecule has 0 amide bonds. The Bertz CT molecular complexity index is 519. The van der Waals surface area contributed by atoms with Gasteiger partial charge in [0, 0.05) is 12.8 Å². The molecule has 0 rings (SSSR count). The maximum absolute atomic E-state index is 12.6. The summed E-state index contributed by atoms with van der Waals surface area (Å²) in [4.78, 5) is 23.2. The molecule has 0 aromatic rings. The fourth-order valence-corrected chi connectivity index (χ4v) is 5.48. The number of unbranched alkanes of at least 4 members (excludes halogenated alkanes) is 23. The summed E-state index contributed by atoms with van der Waals surface area (Å²) >= 11 is 0.